The highest BCUT2D eigenvalue weighted by Gasteiger charge is 2.13. The first-order valence-electron chi connectivity index (χ1n) is 6.35. The van der Waals surface area contributed by atoms with Crippen LogP contribution in [-0.4, -0.2) is 25.4 Å². The first-order valence-corrected chi connectivity index (χ1v) is 6.35. The minimum absolute atomic E-state index is 0.0659. The molecule has 0 saturated carbocycles. The van der Waals surface area contributed by atoms with Gasteiger partial charge in [0.25, 0.3) is 0 Å². The molecule has 5 nitrogen and oxygen atoms in total. The van der Waals surface area contributed by atoms with E-state index < -0.39 is 0 Å². The number of hydrogen-bond acceptors (Lipinski definition) is 4. The SMILES string of the molecule is Cc1cc(O)ccc1-c1cc(CO)c2c(C)[nH]nc2n1. The van der Waals surface area contributed by atoms with E-state index in [0.717, 1.165) is 33.5 Å². The molecule has 2 heterocycles. The number of phenolic OH excluding ortho intramolecular Hbond substituents is 1. The van der Waals surface area contributed by atoms with E-state index >= 15 is 0 Å². The second kappa shape index (κ2) is 4.61. The van der Waals surface area contributed by atoms with Gasteiger partial charge in [0, 0.05) is 16.6 Å². The fraction of sp³-hybridized carbons (Fsp3) is 0.200. The number of phenols is 1. The van der Waals surface area contributed by atoms with Gasteiger partial charge in [0.1, 0.15) is 5.75 Å². The monoisotopic (exact) mass is 269 g/mol. The maximum Gasteiger partial charge on any atom is 0.182 e. The number of pyridine rings is 1. The summed E-state index contributed by atoms with van der Waals surface area (Å²) in [5, 5.41) is 27.0. The molecule has 0 unspecified atom stereocenters. The van der Waals surface area contributed by atoms with Crippen molar-refractivity contribution in [2.24, 2.45) is 0 Å². The summed E-state index contributed by atoms with van der Waals surface area (Å²) < 4.78 is 0. The lowest BCUT2D eigenvalue weighted by atomic mass is 10.0. The number of aliphatic hydroxyl groups excluding tert-OH is 1. The van der Waals surface area contributed by atoms with E-state index in [1.54, 1.807) is 12.1 Å². The number of fused-ring (bicyclic) bond motifs is 1. The van der Waals surface area contributed by atoms with Crippen LogP contribution >= 0.6 is 0 Å². The van der Waals surface area contributed by atoms with Gasteiger partial charge in [-0.3, -0.25) is 5.10 Å². The fourth-order valence-electron chi connectivity index (χ4n) is 2.46. The number of hydrogen-bond donors (Lipinski definition) is 3. The standard InChI is InChI=1S/C15H15N3O2/c1-8-5-11(20)3-4-12(8)13-6-10(7-19)14-9(2)17-18-15(14)16-13/h3-6,19-20H,7H2,1-2H3,(H,16,17,18). The van der Waals surface area contributed by atoms with Gasteiger partial charge in [-0.1, -0.05) is 0 Å². The molecule has 5 heteroatoms. The predicted molar refractivity (Wildman–Crippen MR) is 76.4 cm³/mol. The molecule has 0 amide bonds. The van der Waals surface area contributed by atoms with Gasteiger partial charge in [-0.05, 0) is 49.2 Å². The summed E-state index contributed by atoms with van der Waals surface area (Å²) in [6.07, 6.45) is 0. The Kier molecular flexibility index (Phi) is 2.91. The van der Waals surface area contributed by atoms with Crippen LogP contribution in [0, 0.1) is 13.8 Å². The largest absolute Gasteiger partial charge is 0.508 e. The molecule has 0 spiro atoms. The first-order chi connectivity index (χ1) is 9.60. The minimum Gasteiger partial charge on any atom is -0.508 e. The summed E-state index contributed by atoms with van der Waals surface area (Å²) in [6.45, 7) is 3.75. The van der Waals surface area contributed by atoms with Crippen LogP contribution in [0.25, 0.3) is 22.3 Å². The molecule has 2 aromatic heterocycles. The number of aryl methyl sites for hydroxylation is 2. The Bertz CT molecular complexity index is 793. The van der Waals surface area contributed by atoms with Crippen molar-refractivity contribution in [2.75, 3.05) is 0 Å². The van der Waals surface area contributed by atoms with Gasteiger partial charge in [0.2, 0.25) is 0 Å². The van der Waals surface area contributed by atoms with E-state index in [2.05, 4.69) is 15.2 Å². The van der Waals surface area contributed by atoms with Crippen LogP contribution in [0.5, 0.6) is 5.75 Å². The fourth-order valence-corrected chi connectivity index (χ4v) is 2.46. The average Bonchev–Trinajstić information content (AvgIpc) is 2.79. The summed E-state index contributed by atoms with van der Waals surface area (Å²) in [5.74, 6) is 0.227. The number of rotatable bonds is 2. The van der Waals surface area contributed by atoms with Crippen molar-refractivity contribution in [2.45, 2.75) is 20.5 Å². The molecule has 3 aromatic rings. The summed E-state index contributed by atoms with van der Waals surface area (Å²) in [6, 6.07) is 7.00. The Hall–Kier alpha value is -2.40. The zero-order valence-electron chi connectivity index (χ0n) is 11.3. The molecule has 20 heavy (non-hydrogen) atoms. The Labute approximate surface area is 115 Å². The van der Waals surface area contributed by atoms with Gasteiger partial charge in [0.15, 0.2) is 5.65 Å². The highest BCUT2D eigenvalue weighted by Crippen LogP contribution is 2.29. The molecular weight excluding hydrogens is 254 g/mol. The molecule has 3 N–H and O–H groups in total. The number of aromatic hydroxyl groups is 1. The third kappa shape index (κ3) is 1.92. The van der Waals surface area contributed by atoms with Crippen LogP contribution in [0.15, 0.2) is 24.3 Å². The Morgan fingerprint density at radius 2 is 2.00 bits per heavy atom. The van der Waals surface area contributed by atoms with Crippen molar-refractivity contribution < 1.29 is 10.2 Å². The van der Waals surface area contributed by atoms with Crippen LogP contribution in [0.4, 0.5) is 0 Å². The molecule has 0 atom stereocenters. The highest BCUT2D eigenvalue weighted by molar-refractivity contribution is 5.84. The van der Waals surface area contributed by atoms with Gasteiger partial charge < -0.3 is 10.2 Å². The second-order valence-corrected chi connectivity index (χ2v) is 4.87. The van der Waals surface area contributed by atoms with E-state index in [9.17, 15) is 10.2 Å². The van der Waals surface area contributed by atoms with E-state index in [-0.39, 0.29) is 12.4 Å². The summed E-state index contributed by atoms with van der Waals surface area (Å²) in [4.78, 5) is 4.53. The highest BCUT2D eigenvalue weighted by atomic mass is 16.3. The molecule has 3 rings (SSSR count). The minimum atomic E-state index is -0.0659. The molecular formula is C15H15N3O2. The number of nitrogens with zero attached hydrogens (tertiary/aromatic N) is 2. The zero-order chi connectivity index (χ0) is 14.3. The smallest absolute Gasteiger partial charge is 0.182 e. The number of benzene rings is 1. The Morgan fingerprint density at radius 1 is 1.20 bits per heavy atom. The summed E-state index contributed by atoms with van der Waals surface area (Å²) in [5.41, 5.74) is 4.87. The van der Waals surface area contributed by atoms with Crippen LogP contribution < -0.4 is 0 Å². The number of nitrogens with one attached hydrogen (secondary N) is 1. The van der Waals surface area contributed by atoms with Gasteiger partial charge in [-0.15, -0.1) is 0 Å². The first kappa shape index (κ1) is 12.6. The second-order valence-electron chi connectivity index (χ2n) is 4.87. The number of aromatic nitrogens is 3. The molecule has 0 aliphatic rings. The van der Waals surface area contributed by atoms with Gasteiger partial charge in [-0.2, -0.15) is 5.10 Å². The predicted octanol–water partition coefficient (Wildman–Crippen LogP) is 2.44. The molecule has 0 bridgehead atoms. The third-order valence-corrected chi connectivity index (χ3v) is 3.44. The lowest BCUT2D eigenvalue weighted by molar-refractivity contribution is 0.283. The Morgan fingerprint density at radius 3 is 2.70 bits per heavy atom. The van der Waals surface area contributed by atoms with Gasteiger partial charge >= 0.3 is 0 Å². The van der Waals surface area contributed by atoms with E-state index in [4.69, 9.17) is 0 Å². The molecule has 1 aromatic carbocycles. The Balaban J connectivity index is 2.26. The normalized spacial score (nSPS) is 11.2. The van der Waals surface area contributed by atoms with Crippen LogP contribution in [0.2, 0.25) is 0 Å². The molecule has 0 saturated heterocycles. The van der Waals surface area contributed by atoms with E-state index in [0.29, 0.717) is 5.65 Å². The van der Waals surface area contributed by atoms with Crippen molar-refractivity contribution in [3.05, 3.63) is 41.1 Å². The third-order valence-electron chi connectivity index (χ3n) is 3.44. The molecule has 102 valence electrons. The maximum atomic E-state index is 9.55. The lowest BCUT2D eigenvalue weighted by Gasteiger charge is -2.08. The van der Waals surface area contributed by atoms with Crippen molar-refractivity contribution in [1.82, 2.24) is 15.2 Å². The van der Waals surface area contributed by atoms with Crippen LogP contribution in [0.1, 0.15) is 16.8 Å². The van der Waals surface area contributed by atoms with Gasteiger partial charge in [0.05, 0.1) is 12.3 Å². The molecule has 0 radical (unpaired) electrons. The number of aliphatic hydroxyl groups is 1. The van der Waals surface area contributed by atoms with Crippen molar-refractivity contribution >= 4 is 11.0 Å². The molecule has 0 aliphatic carbocycles. The maximum absolute atomic E-state index is 9.55. The topological polar surface area (TPSA) is 82.0 Å². The van der Waals surface area contributed by atoms with E-state index in [1.807, 2.05) is 26.0 Å². The van der Waals surface area contributed by atoms with Gasteiger partial charge in [-0.25, -0.2) is 4.98 Å². The van der Waals surface area contributed by atoms with Crippen LogP contribution in [-0.2, 0) is 6.61 Å². The van der Waals surface area contributed by atoms with Crippen LogP contribution in [0.3, 0.4) is 0 Å². The lowest BCUT2D eigenvalue weighted by Crippen LogP contribution is -1.93. The number of aromatic amines is 1. The van der Waals surface area contributed by atoms with Crippen molar-refractivity contribution in [3.8, 4) is 17.0 Å². The summed E-state index contributed by atoms with van der Waals surface area (Å²) >= 11 is 0. The van der Waals surface area contributed by atoms with Crippen molar-refractivity contribution in [1.29, 1.82) is 0 Å². The average molecular weight is 269 g/mol. The quantitative estimate of drug-likeness (QED) is 0.667. The molecule has 0 fully saturated rings. The van der Waals surface area contributed by atoms with Crippen molar-refractivity contribution in [3.63, 3.8) is 0 Å². The molecule has 0 aliphatic heterocycles. The summed E-state index contributed by atoms with van der Waals surface area (Å²) in [7, 11) is 0. The van der Waals surface area contributed by atoms with E-state index in [1.165, 1.54) is 0 Å². The number of H-pyrrole nitrogens is 1. The zero-order valence-corrected chi connectivity index (χ0v) is 11.3.